The highest BCUT2D eigenvalue weighted by Crippen LogP contribution is 2.30. The molecule has 0 aliphatic heterocycles. The van der Waals surface area contributed by atoms with E-state index in [0.717, 1.165) is 6.07 Å². The maximum absolute atomic E-state index is 11.8. The minimum Gasteiger partial charge on any atom is -0.404 e. The number of ether oxygens (including phenoxy) is 1. The number of hydrogen-bond donors (Lipinski definition) is 1. The van der Waals surface area contributed by atoms with Crippen molar-refractivity contribution in [3.8, 4) is 5.75 Å². The van der Waals surface area contributed by atoms with Gasteiger partial charge in [0, 0.05) is 0 Å². The summed E-state index contributed by atoms with van der Waals surface area (Å²) in [6.07, 6.45) is -4.79. The number of alkyl halides is 3. The molecular weight excluding hydrogens is 221 g/mol. The zero-order chi connectivity index (χ0) is 10.8. The van der Waals surface area contributed by atoms with E-state index in [4.69, 9.17) is 16.7 Å². The smallest absolute Gasteiger partial charge is 0.404 e. The summed E-state index contributed by atoms with van der Waals surface area (Å²) in [5.41, 5.74) is 0.175. The Labute approximate surface area is 82.9 Å². The molecule has 0 heterocycles. The second kappa shape index (κ2) is 4.06. The predicted molar refractivity (Wildman–Crippen MR) is 43.5 cm³/mol. The second-order valence-electron chi connectivity index (χ2n) is 2.37. The molecule has 0 saturated carbocycles. The van der Waals surface area contributed by atoms with Crippen LogP contribution in [0.1, 0.15) is 5.56 Å². The highest BCUT2D eigenvalue weighted by Gasteiger charge is 2.32. The van der Waals surface area contributed by atoms with Gasteiger partial charge in [0.25, 0.3) is 0 Å². The van der Waals surface area contributed by atoms with Crippen molar-refractivity contribution in [3.05, 3.63) is 35.4 Å². The van der Waals surface area contributed by atoms with Crippen LogP contribution < -0.4 is 4.74 Å². The molecule has 2 nitrogen and oxygen atoms in total. The van der Waals surface area contributed by atoms with Gasteiger partial charge < -0.3 is 9.84 Å². The zero-order valence-corrected chi connectivity index (χ0v) is 7.43. The molecule has 1 aromatic carbocycles. The highest BCUT2D eigenvalue weighted by atomic mass is 35.5. The fourth-order valence-corrected chi connectivity index (χ4v) is 0.959. The molecule has 0 aromatic heterocycles. The number of halogens is 4. The van der Waals surface area contributed by atoms with E-state index in [1.54, 1.807) is 0 Å². The summed E-state index contributed by atoms with van der Waals surface area (Å²) >= 11 is 5.44. The molecule has 0 bridgehead atoms. The SMILES string of the molecule is O[CH]c1ccc(Cl)c(OC(F)(F)F)c1. The zero-order valence-electron chi connectivity index (χ0n) is 6.68. The van der Waals surface area contributed by atoms with Gasteiger partial charge in [0.05, 0.1) is 5.02 Å². The summed E-state index contributed by atoms with van der Waals surface area (Å²) in [6, 6.07) is 3.53. The van der Waals surface area contributed by atoms with Gasteiger partial charge in [0.2, 0.25) is 0 Å². The molecule has 1 aromatic rings. The second-order valence-corrected chi connectivity index (χ2v) is 2.77. The van der Waals surface area contributed by atoms with Gasteiger partial charge in [-0.05, 0) is 17.7 Å². The van der Waals surface area contributed by atoms with Gasteiger partial charge in [-0.3, -0.25) is 0 Å². The lowest BCUT2D eigenvalue weighted by atomic mass is 10.2. The summed E-state index contributed by atoms with van der Waals surface area (Å²) in [7, 11) is 0. The number of hydrogen-bond acceptors (Lipinski definition) is 2. The van der Waals surface area contributed by atoms with Gasteiger partial charge in [0.15, 0.2) is 0 Å². The fourth-order valence-electron chi connectivity index (χ4n) is 0.803. The van der Waals surface area contributed by atoms with Gasteiger partial charge in [-0.25, -0.2) is 0 Å². The predicted octanol–water partition coefficient (Wildman–Crippen LogP) is 3.12. The lowest BCUT2D eigenvalue weighted by Gasteiger charge is -2.10. The first-order valence-electron chi connectivity index (χ1n) is 3.45. The Bertz CT molecular complexity index is 325. The van der Waals surface area contributed by atoms with E-state index in [0.29, 0.717) is 6.61 Å². The van der Waals surface area contributed by atoms with Crippen molar-refractivity contribution in [2.75, 3.05) is 0 Å². The third-order valence-corrected chi connectivity index (χ3v) is 1.64. The Morgan fingerprint density at radius 2 is 2.00 bits per heavy atom. The third kappa shape index (κ3) is 3.08. The van der Waals surface area contributed by atoms with Gasteiger partial charge in [-0.2, -0.15) is 0 Å². The number of aliphatic hydroxyl groups is 1. The molecule has 0 fully saturated rings. The molecule has 0 saturated heterocycles. The molecule has 0 aliphatic rings. The molecule has 14 heavy (non-hydrogen) atoms. The van der Waals surface area contributed by atoms with Crippen LogP contribution in [0.25, 0.3) is 0 Å². The molecule has 77 valence electrons. The Morgan fingerprint density at radius 3 is 2.50 bits per heavy atom. The Hall–Kier alpha value is -0.940. The molecule has 1 radical (unpaired) electrons. The molecule has 0 atom stereocenters. The van der Waals surface area contributed by atoms with Crippen molar-refractivity contribution in [1.29, 1.82) is 0 Å². The summed E-state index contributed by atoms with van der Waals surface area (Å²) in [4.78, 5) is 0. The van der Waals surface area contributed by atoms with Crippen LogP contribution in [0.2, 0.25) is 5.02 Å². The normalized spacial score (nSPS) is 11.5. The van der Waals surface area contributed by atoms with Crippen LogP contribution in [-0.4, -0.2) is 11.5 Å². The van der Waals surface area contributed by atoms with Crippen molar-refractivity contribution in [2.24, 2.45) is 0 Å². The summed E-state index contributed by atoms with van der Waals surface area (Å²) in [6.45, 7) is 0.652. The monoisotopic (exact) mass is 225 g/mol. The first kappa shape index (κ1) is 11.1. The van der Waals surface area contributed by atoms with E-state index in [2.05, 4.69) is 4.74 Å². The highest BCUT2D eigenvalue weighted by molar-refractivity contribution is 6.32. The standard InChI is InChI=1S/C8H5ClF3O2/c9-6-2-1-5(4-13)3-7(6)14-8(10,11)12/h1-4,13H. The average Bonchev–Trinajstić information content (AvgIpc) is 2.06. The Kier molecular flexibility index (Phi) is 3.23. The van der Waals surface area contributed by atoms with Crippen LogP contribution in [-0.2, 0) is 0 Å². The van der Waals surface area contributed by atoms with Crippen LogP contribution in [0.5, 0.6) is 5.75 Å². The molecule has 1 rings (SSSR count). The summed E-state index contributed by atoms with van der Waals surface area (Å²) < 4.78 is 39.0. The Morgan fingerprint density at radius 1 is 1.36 bits per heavy atom. The molecule has 0 amide bonds. The summed E-state index contributed by atoms with van der Waals surface area (Å²) in [5.74, 6) is -0.540. The van der Waals surface area contributed by atoms with Gasteiger partial charge in [-0.1, -0.05) is 17.7 Å². The first-order chi connectivity index (χ1) is 6.42. The maximum Gasteiger partial charge on any atom is 0.573 e. The quantitative estimate of drug-likeness (QED) is 0.838. The molecule has 1 N–H and O–H groups in total. The van der Waals surface area contributed by atoms with E-state index < -0.39 is 12.1 Å². The fraction of sp³-hybridized carbons (Fsp3) is 0.125. The van der Waals surface area contributed by atoms with Crippen molar-refractivity contribution in [2.45, 2.75) is 6.36 Å². The van der Waals surface area contributed by atoms with Crippen LogP contribution in [0.4, 0.5) is 13.2 Å². The van der Waals surface area contributed by atoms with Crippen LogP contribution in [0, 0.1) is 6.61 Å². The lowest BCUT2D eigenvalue weighted by Crippen LogP contribution is -2.17. The van der Waals surface area contributed by atoms with Crippen LogP contribution in [0.15, 0.2) is 18.2 Å². The van der Waals surface area contributed by atoms with Crippen LogP contribution >= 0.6 is 11.6 Å². The van der Waals surface area contributed by atoms with E-state index in [9.17, 15) is 13.2 Å². The summed E-state index contributed by atoms with van der Waals surface area (Å²) in [5, 5.41) is 8.37. The van der Waals surface area contributed by atoms with Crippen molar-refractivity contribution in [1.82, 2.24) is 0 Å². The molecular formula is C8H5ClF3O2. The lowest BCUT2D eigenvalue weighted by molar-refractivity contribution is -0.274. The van der Waals surface area contributed by atoms with E-state index in [1.807, 2.05) is 0 Å². The minimum absolute atomic E-state index is 0.173. The van der Waals surface area contributed by atoms with Gasteiger partial charge in [0.1, 0.15) is 12.4 Å². The maximum atomic E-state index is 11.8. The van der Waals surface area contributed by atoms with Gasteiger partial charge >= 0.3 is 6.36 Å². The molecule has 0 spiro atoms. The topological polar surface area (TPSA) is 29.5 Å². The van der Waals surface area contributed by atoms with Crippen molar-refractivity contribution in [3.63, 3.8) is 0 Å². The average molecular weight is 226 g/mol. The molecule has 0 aliphatic carbocycles. The van der Waals surface area contributed by atoms with Crippen molar-refractivity contribution >= 4 is 11.6 Å². The Balaban J connectivity index is 2.95. The van der Waals surface area contributed by atoms with E-state index in [-0.39, 0.29) is 10.6 Å². The number of rotatable bonds is 2. The van der Waals surface area contributed by atoms with Gasteiger partial charge in [-0.15, -0.1) is 13.2 Å². The minimum atomic E-state index is -4.79. The van der Waals surface area contributed by atoms with E-state index in [1.165, 1.54) is 12.1 Å². The number of aliphatic hydroxyl groups excluding tert-OH is 1. The molecule has 6 heteroatoms. The largest absolute Gasteiger partial charge is 0.573 e. The van der Waals surface area contributed by atoms with Crippen LogP contribution in [0.3, 0.4) is 0 Å². The molecule has 0 unspecified atom stereocenters. The number of benzene rings is 1. The third-order valence-electron chi connectivity index (χ3n) is 1.33. The first-order valence-corrected chi connectivity index (χ1v) is 3.83. The van der Waals surface area contributed by atoms with E-state index >= 15 is 0 Å². The van der Waals surface area contributed by atoms with Crippen molar-refractivity contribution < 1.29 is 23.0 Å².